The maximum Gasteiger partial charge on any atom is 0.210 e. The van der Waals surface area contributed by atoms with Crippen molar-refractivity contribution in [3.8, 4) is 6.07 Å². The van der Waals surface area contributed by atoms with Crippen molar-refractivity contribution in [3.05, 3.63) is 52.2 Å². The van der Waals surface area contributed by atoms with Crippen LogP contribution in [0.5, 0.6) is 0 Å². The van der Waals surface area contributed by atoms with E-state index in [1.807, 2.05) is 42.5 Å². The van der Waals surface area contributed by atoms with E-state index in [0.29, 0.717) is 21.7 Å². The molecule has 24 heavy (non-hydrogen) atoms. The van der Waals surface area contributed by atoms with Gasteiger partial charge in [0.15, 0.2) is 5.65 Å². The summed E-state index contributed by atoms with van der Waals surface area (Å²) in [6.45, 7) is 4.07. The van der Waals surface area contributed by atoms with Crippen molar-refractivity contribution in [1.29, 1.82) is 5.26 Å². The smallest absolute Gasteiger partial charge is 0.210 e. The first-order chi connectivity index (χ1) is 11.6. The van der Waals surface area contributed by atoms with Gasteiger partial charge in [-0.25, -0.2) is 4.98 Å². The summed E-state index contributed by atoms with van der Waals surface area (Å²) in [6, 6.07) is 13.7. The summed E-state index contributed by atoms with van der Waals surface area (Å²) in [4.78, 5) is 18.0. The lowest BCUT2D eigenvalue weighted by molar-refractivity contribution is 0.890. The molecule has 0 aliphatic heterocycles. The minimum Gasteiger partial charge on any atom is -0.368 e. The van der Waals surface area contributed by atoms with Crippen LogP contribution in [0.3, 0.4) is 0 Å². The Morgan fingerprint density at radius 3 is 2.79 bits per heavy atom. The third kappa shape index (κ3) is 2.06. The normalized spacial score (nSPS) is 11.4. The Labute approximate surface area is 141 Å². The molecule has 1 aromatic carbocycles. The van der Waals surface area contributed by atoms with E-state index >= 15 is 0 Å². The molecule has 0 unspecified atom stereocenters. The van der Waals surface area contributed by atoms with Crippen molar-refractivity contribution >= 4 is 43.2 Å². The van der Waals surface area contributed by atoms with E-state index in [2.05, 4.69) is 16.4 Å². The fraction of sp³-hybridized carbons (Fsp3) is 0.167. The van der Waals surface area contributed by atoms with Gasteiger partial charge in [0, 0.05) is 6.04 Å². The molecule has 0 bridgehead atoms. The molecule has 1 N–H and O–H groups in total. The number of nitrogens with one attached hydrogen (secondary N) is 1. The van der Waals surface area contributed by atoms with Crippen LogP contribution in [0.25, 0.3) is 26.1 Å². The number of thiazole rings is 1. The summed E-state index contributed by atoms with van der Waals surface area (Å²) in [5, 5.41) is 13.2. The van der Waals surface area contributed by atoms with E-state index in [1.165, 1.54) is 11.3 Å². The summed E-state index contributed by atoms with van der Waals surface area (Å²) >= 11 is 1.44. The summed E-state index contributed by atoms with van der Waals surface area (Å²) in [5.41, 5.74) is 1.45. The highest BCUT2D eigenvalue weighted by Crippen LogP contribution is 2.30. The summed E-state index contributed by atoms with van der Waals surface area (Å²) in [7, 11) is 0. The number of anilines is 1. The van der Waals surface area contributed by atoms with Gasteiger partial charge in [-0.15, -0.1) is 11.3 Å². The molecule has 0 atom stereocenters. The number of rotatable bonds is 2. The fourth-order valence-corrected chi connectivity index (χ4v) is 4.00. The molecule has 0 saturated carbocycles. The Morgan fingerprint density at radius 2 is 2.04 bits per heavy atom. The van der Waals surface area contributed by atoms with Crippen LogP contribution < -0.4 is 10.7 Å². The van der Waals surface area contributed by atoms with Gasteiger partial charge in [0.1, 0.15) is 22.3 Å². The maximum absolute atomic E-state index is 12.7. The predicted molar refractivity (Wildman–Crippen MR) is 97.8 cm³/mol. The standard InChI is InChI=1S/C18H14N4OS/c1-10(2)20-15-8-7-11-16(23)12(9-19)18-22(17(11)21-15)13-5-3-4-6-14(13)24-18/h3-8,10H,1-2H3,(H,20,21). The number of hydrogen-bond acceptors (Lipinski definition) is 5. The molecule has 3 aromatic heterocycles. The van der Waals surface area contributed by atoms with Crippen molar-refractivity contribution in [1.82, 2.24) is 9.38 Å². The van der Waals surface area contributed by atoms with Gasteiger partial charge >= 0.3 is 0 Å². The van der Waals surface area contributed by atoms with Crippen LogP contribution in [-0.2, 0) is 0 Å². The molecule has 0 fully saturated rings. The number of aromatic nitrogens is 2. The molecule has 4 aromatic rings. The number of hydrogen-bond donors (Lipinski definition) is 1. The number of nitriles is 1. The molecule has 3 heterocycles. The highest BCUT2D eigenvalue weighted by molar-refractivity contribution is 7.24. The highest BCUT2D eigenvalue weighted by Gasteiger charge is 2.17. The zero-order valence-corrected chi connectivity index (χ0v) is 14.0. The Kier molecular flexibility index (Phi) is 3.25. The predicted octanol–water partition coefficient (Wildman–Crippen LogP) is 3.75. The highest BCUT2D eigenvalue weighted by atomic mass is 32.1. The topological polar surface area (TPSA) is 70.2 Å². The number of nitrogens with zero attached hydrogens (tertiary/aromatic N) is 3. The zero-order chi connectivity index (χ0) is 16.8. The van der Waals surface area contributed by atoms with Gasteiger partial charge in [0.2, 0.25) is 5.43 Å². The molecular formula is C18H14N4OS. The van der Waals surface area contributed by atoms with Gasteiger partial charge in [-0.05, 0) is 38.1 Å². The van der Waals surface area contributed by atoms with E-state index in [-0.39, 0.29) is 17.0 Å². The number of para-hydroxylation sites is 1. The minimum absolute atomic E-state index is 0.176. The Morgan fingerprint density at radius 1 is 1.25 bits per heavy atom. The van der Waals surface area contributed by atoms with Crippen molar-refractivity contribution in [2.75, 3.05) is 5.32 Å². The molecule has 0 saturated heterocycles. The molecule has 4 rings (SSSR count). The maximum atomic E-state index is 12.7. The third-order valence-corrected chi connectivity index (χ3v) is 4.98. The second-order valence-corrected chi connectivity index (χ2v) is 6.92. The lowest BCUT2D eigenvalue weighted by Gasteiger charge is -2.10. The quantitative estimate of drug-likeness (QED) is 0.606. The first-order valence-electron chi connectivity index (χ1n) is 7.64. The molecular weight excluding hydrogens is 320 g/mol. The first kappa shape index (κ1) is 14.7. The van der Waals surface area contributed by atoms with E-state index in [0.717, 1.165) is 10.2 Å². The summed E-state index contributed by atoms with van der Waals surface area (Å²) < 4.78 is 2.94. The summed E-state index contributed by atoms with van der Waals surface area (Å²) in [6.07, 6.45) is 0. The van der Waals surface area contributed by atoms with Crippen molar-refractivity contribution < 1.29 is 0 Å². The summed E-state index contributed by atoms with van der Waals surface area (Å²) in [5.74, 6) is 0.714. The van der Waals surface area contributed by atoms with Crippen molar-refractivity contribution in [2.45, 2.75) is 19.9 Å². The van der Waals surface area contributed by atoms with Crippen LogP contribution in [0.2, 0.25) is 0 Å². The van der Waals surface area contributed by atoms with Crippen LogP contribution in [0.15, 0.2) is 41.2 Å². The Hall–Kier alpha value is -2.91. The van der Waals surface area contributed by atoms with Gasteiger partial charge in [-0.2, -0.15) is 5.26 Å². The molecule has 0 amide bonds. The second kappa shape index (κ2) is 5.32. The van der Waals surface area contributed by atoms with Crippen LogP contribution in [-0.4, -0.2) is 15.4 Å². The van der Waals surface area contributed by atoms with Crippen molar-refractivity contribution in [2.24, 2.45) is 0 Å². The Bertz CT molecular complexity index is 1200. The number of benzene rings is 1. The van der Waals surface area contributed by atoms with Crippen LogP contribution in [0.1, 0.15) is 19.4 Å². The van der Waals surface area contributed by atoms with E-state index in [4.69, 9.17) is 0 Å². The molecule has 0 aliphatic rings. The first-order valence-corrected chi connectivity index (χ1v) is 8.45. The monoisotopic (exact) mass is 334 g/mol. The average molecular weight is 334 g/mol. The zero-order valence-electron chi connectivity index (χ0n) is 13.2. The van der Waals surface area contributed by atoms with Gasteiger partial charge in [-0.3, -0.25) is 9.20 Å². The lowest BCUT2D eigenvalue weighted by atomic mass is 10.2. The van der Waals surface area contributed by atoms with Gasteiger partial charge in [0.25, 0.3) is 0 Å². The largest absolute Gasteiger partial charge is 0.368 e. The van der Waals surface area contributed by atoms with Crippen LogP contribution >= 0.6 is 11.3 Å². The molecule has 0 aliphatic carbocycles. The van der Waals surface area contributed by atoms with Gasteiger partial charge < -0.3 is 5.32 Å². The van der Waals surface area contributed by atoms with E-state index in [9.17, 15) is 10.1 Å². The minimum atomic E-state index is -0.261. The van der Waals surface area contributed by atoms with Gasteiger partial charge in [-0.1, -0.05) is 12.1 Å². The molecule has 5 nitrogen and oxygen atoms in total. The van der Waals surface area contributed by atoms with E-state index < -0.39 is 0 Å². The Balaban J connectivity index is 2.24. The number of pyridine rings is 2. The van der Waals surface area contributed by atoms with Crippen LogP contribution in [0.4, 0.5) is 5.82 Å². The number of fused-ring (bicyclic) bond motifs is 5. The lowest BCUT2D eigenvalue weighted by Crippen LogP contribution is -2.14. The van der Waals surface area contributed by atoms with E-state index in [1.54, 1.807) is 12.1 Å². The second-order valence-electron chi connectivity index (χ2n) is 5.89. The molecule has 6 heteroatoms. The SMILES string of the molecule is CC(C)Nc1ccc2c(=O)c(C#N)c3sc4ccccc4n3c2n1. The van der Waals surface area contributed by atoms with Gasteiger partial charge in [0.05, 0.1) is 15.6 Å². The fourth-order valence-electron chi connectivity index (χ4n) is 2.86. The molecule has 0 radical (unpaired) electrons. The van der Waals surface area contributed by atoms with Crippen molar-refractivity contribution in [3.63, 3.8) is 0 Å². The van der Waals surface area contributed by atoms with Crippen LogP contribution in [0, 0.1) is 11.3 Å². The average Bonchev–Trinajstić information content (AvgIpc) is 2.94. The molecule has 0 spiro atoms. The third-order valence-electron chi connectivity index (χ3n) is 3.84. The molecule has 118 valence electrons.